The monoisotopic (exact) mass is 263 g/mol. The Morgan fingerprint density at radius 3 is 2.63 bits per heavy atom. The Kier molecular flexibility index (Phi) is 3.54. The van der Waals surface area contributed by atoms with Gasteiger partial charge in [0.1, 0.15) is 5.75 Å². The van der Waals surface area contributed by atoms with Crippen molar-refractivity contribution < 1.29 is 15.0 Å². The van der Waals surface area contributed by atoms with E-state index in [-0.39, 0.29) is 17.7 Å². The van der Waals surface area contributed by atoms with E-state index in [1.54, 1.807) is 30.9 Å². The number of aromatic hydroxyl groups is 1. The van der Waals surface area contributed by atoms with Gasteiger partial charge in [0.2, 0.25) is 0 Å². The molecule has 4 heteroatoms. The summed E-state index contributed by atoms with van der Waals surface area (Å²) in [5.74, 6) is -0.0222. The molecule has 1 atom stereocenters. The van der Waals surface area contributed by atoms with Gasteiger partial charge in [-0.1, -0.05) is 0 Å². The summed E-state index contributed by atoms with van der Waals surface area (Å²) in [6.07, 6.45) is 1.71. The van der Waals surface area contributed by atoms with Crippen LogP contribution in [0.3, 0.4) is 0 Å². The summed E-state index contributed by atoms with van der Waals surface area (Å²) in [6.45, 7) is 5.96. The van der Waals surface area contributed by atoms with Crippen LogP contribution in [-0.2, 0) is 0 Å². The van der Waals surface area contributed by atoms with Crippen molar-refractivity contribution in [3.8, 4) is 5.75 Å². The molecule has 0 aliphatic carbocycles. The van der Waals surface area contributed by atoms with Crippen LogP contribution in [0.4, 0.5) is 0 Å². The molecular formula is C15H21NO3. The standard InChI is InChI=1S/C15H21NO3/c1-10-7-11(9-12(17)8-10)14(18)16-6-4-5-13(16)15(2,3)19/h7-9,13,17,19H,4-6H2,1-3H3. The van der Waals surface area contributed by atoms with Gasteiger partial charge in [0.25, 0.3) is 5.91 Å². The summed E-state index contributed by atoms with van der Waals surface area (Å²) in [6, 6.07) is 4.70. The number of carbonyl (C=O) groups excluding carboxylic acids is 1. The molecule has 1 aliphatic heterocycles. The molecule has 0 aromatic heterocycles. The second-order valence-corrected chi connectivity index (χ2v) is 5.87. The third-order valence-corrected chi connectivity index (χ3v) is 3.64. The van der Waals surface area contributed by atoms with Crippen LogP contribution in [0.5, 0.6) is 5.75 Å². The number of hydrogen-bond acceptors (Lipinski definition) is 3. The van der Waals surface area contributed by atoms with E-state index in [1.807, 2.05) is 6.92 Å². The van der Waals surface area contributed by atoms with E-state index in [9.17, 15) is 15.0 Å². The minimum absolute atomic E-state index is 0.0994. The van der Waals surface area contributed by atoms with Crippen LogP contribution in [0.25, 0.3) is 0 Å². The number of likely N-dealkylation sites (tertiary alicyclic amines) is 1. The van der Waals surface area contributed by atoms with Gasteiger partial charge in [0, 0.05) is 12.1 Å². The topological polar surface area (TPSA) is 60.8 Å². The zero-order chi connectivity index (χ0) is 14.2. The Hall–Kier alpha value is -1.55. The Balaban J connectivity index is 2.28. The minimum atomic E-state index is -0.905. The average Bonchev–Trinajstić information content (AvgIpc) is 2.74. The quantitative estimate of drug-likeness (QED) is 0.858. The van der Waals surface area contributed by atoms with Crippen LogP contribution < -0.4 is 0 Å². The van der Waals surface area contributed by atoms with Crippen molar-refractivity contribution in [2.24, 2.45) is 0 Å². The van der Waals surface area contributed by atoms with Gasteiger partial charge >= 0.3 is 0 Å². The van der Waals surface area contributed by atoms with Crippen LogP contribution in [-0.4, -0.2) is 39.2 Å². The van der Waals surface area contributed by atoms with Gasteiger partial charge < -0.3 is 15.1 Å². The van der Waals surface area contributed by atoms with E-state index < -0.39 is 5.60 Å². The van der Waals surface area contributed by atoms with E-state index in [2.05, 4.69) is 0 Å². The number of rotatable bonds is 2. The van der Waals surface area contributed by atoms with Crippen molar-refractivity contribution in [3.63, 3.8) is 0 Å². The number of hydrogen-bond donors (Lipinski definition) is 2. The molecule has 1 saturated heterocycles. The molecule has 2 N–H and O–H groups in total. The summed E-state index contributed by atoms with van der Waals surface area (Å²) in [5.41, 5.74) is 0.425. The van der Waals surface area contributed by atoms with Crippen LogP contribution in [0.15, 0.2) is 18.2 Å². The molecule has 1 amide bonds. The lowest BCUT2D eigenvalue weighted by Gasteiger charge is -2.33. The van der Waals surface area contributed by atoms with Crippen LogP contribution in [0.2, 0.25) is 0 Å². The lowest BCUT2D eigenvalue weighted by atomic mass is 9.96. The number of benzene rings is 1. The van der Waals surface area contributed by atoms with Crippen molar-refractivity contribution in [3.05, 3.63) is 29.3 Å². The molecule has 19 heavy (non-hydrogen) atoms. The summed E-state index contributed by atoms with van der Waals surface area (Å²) in [5, 5.41) is 19.7. The first kappa shape index (κ1) is 13.9. The molecule has 0 spiro atoms. The second-order valence-electron chi connectivity index (χ2n) is 5.87. The largest absolute Gasteiger partial charge is 0.508 e. The highest BCUT2D eigenvalue weighted by molar-refractivity contribution is 5.95. The normalized spacial score (nSPS) is 19.8. The predicted octanol–water partition coefficient (Wildman–Crippen LogP) is 2.08. The van der Waals surface area contributed by atoms with Gasteiger partial charge in [0.05, 0.1) is 11.6 Å². The van der Waals surface area contributed by atoms with Crippen molar-refractivity contribution in [2.75, 3.05) is 6.54 Å². The first-order chi connectivity index (χ1) is 8.79. The lowest BCUT2D eigenvalue weighted by Crippen LogP contribution is -2.48. The number of nitrogens with zero attached hydrogens (tertiary/aromatic N) is 1. The highest BCUT2D eigenvalue weighted by Gasteiger charge is 2.38. The van der Waals surface area contributed by atoms with Crippen molar-refractivity contribution in [2.45, 2.75) is 45.3 Å². The molecule has 1 unspecified atom stereocenters. The summed E-state index contributed by atoms with van der Waals surface area (Å²) >= 11 is 0. The van der Waals surface area contributed by atoms with Crippen molar-refractivity contribution in [1.29, 1.82) is 0 Å². The third kappa shape index (κ3) is 2.89. The van der Waals surface area contributed by atoms with Crippen molar-refractivity contribution in [1.82, 2.24) is 4.90 Å². The molecular weight excluding hydrogens is 242 g/mol. The fourth-order valence-corrected chi connectivity index (χ4v) is 2.80. The van der Waals surface area contributed by atoms with Crippen LogP contribution >= 0.6 is 0 Å². The first-order valence-electron chi connectivity index (χ1n) is 6.63. The number of phenols is 1. The zero-order valence-corrected chi connectivity index (χ0v) is 11.7. The summed E-state index contributed by atoms with van der Waals surface area (Å²) in [4.78, 5) is 14.2. The molecule has 1 aromatic rings. The fourth-order valence-electron chi connectivity index (χ4n) is 2.80. The number of phenolic OH excluding ortho intramolecular Hbond substituents is 1. The van der Waals surface area contributed by atoms with Gasteiger partial charge in [-0.15, -0.1) is 0 Å². The third-order valence-electron chi connectivity index (χ3n) is 3.64. The number of aryl methyl sites for hydroxylation is 1. The van der Waals surface area contributed by atoms with E-state index >= 15 is 0 Å². The van der Waals surface area contributed by atoms with Gasteiger partial charge in [0.15, 0.2) is 0 Å². The predicted molar refractivity (Wildman–Crippen MR) is 73.2 cm³/mol. The molecule has 104 valence electrons. The first-order valence-corrected chi connectivity index (χ1v) is 6.63. The second kappa shape index (κ2) is 4.85. The number of carbonyl (C=O) groups is 1. The molecule has 0 radical (unpaired) electrons. The van der Waals surface area contributed by atoms with Gasteiger partial charge in [-0.3, -0.25) is 4.79 Å². The smallest absolute Gasteiger partial charge is 0.254 e. The van der Waals surface area contributed by atoms with Crippen LogP contribution in [0, 0.1) is 6.92 Å². The molecule has 0 saturated carbocycles. The maximum Gasteiger partial charge on any atom is 0.254 e. The van der Waals surface area contributed by atoms with Crippen molar-refractivity contribution >= 4 is 5.91 Å². The maximum absolute atomic E-state index is 12.5. The SMILES string of the molecule is Cc1cc(O)cc(C(=O)N2CCCC2C(C)(C)O)c1. The Labute approximate surface area is 113 Å². The number of aliphatic hydroxyl groups is 1. The van der Waals surface area contributed by atoms with E-state index in [0.29, 0.717) is 12.1 Å². The highest BCUT2D eigenvalue weighted by Crippen LogP contribution is 2.29. The summed E-state index contributed by atoms with van der Waals surface area (Å²) in [7, 11) is 0. The molecule has 1 heterocycles. The Bertz CT molecular complexity index is 470. The zero-order valence-electron chi connectivity index (χ0n) is 11.7. The van der Waals surface area contributed by atoms with Gasteiger partial charge in [-0.2, -0.15) is 0 Å². The average molecular weight is 263 g/mol. The fraction of sp³-hybridized carbons (Fsp3) is 0.533. The van der Waals surface area contributed by atoms with E-state index in [1.165, 1.54) is 6.07 Å². The number of amides is 1. The molecule has 1 fully saturated rings. The Morgan fingerprint density at radius 1 is 1.37 bits per heavy atom. The lowest BCUT2D eigenvalue weighted by molar-refractivity contribution is 0.000327. The van der Waals surface area contributed by atoms with Crippen LogP contribution in [0.1, 0.15) is 42.6 Å². The maximum atomic E-state index is 12.5. The molecule has 1 aromatic carbocycles. The van der Waals surface area contributed by atoms with E-state index in [4.69, 9.17) is 0 Å². The molecule has 1 aliphatic rings. The molecule has 4 nitrogen and oxygen atoms in total. The Morgan fingerprint density at radius 2 is 2.05 bits per heavy atom. The van der Waals surface area contributed by atoms with Gasteiger partial charge in [-0.05, 0) is 57.4 Å². The van der Waals surface area contributed by atoms with Gasteiger partial charge in [-0.25, -0.2) is 0 Å². The summed E-state index contributed by atoms with van der Waals surface area (Å²) < 4.78 is 0. The molecule has 2 rings (SSSR count). The van der Waals surface area contributed by atoms with E-state index in [0.717, 1.165) is 18.4 Å². The molecule has 0 bridgehead atoms. The minimum Gasteiger partial charge on any atom is -0.508 e. The highest BCUT2D eigenvalue weighted by atomic mass is 16.3.